The van der Waals surface area contributed by atoms with Crippen LogP contribution in [0.2, 0.25) is 0 Å². The maximum absolute atomic E-state index is 4.67. The van der Waals surface area contributed by atoms with Crippen LogP contribution in [-0.2, 0) is 5.75 Å². The summed E-state index contributed by atoms with van der Waals surface area (Å²) < 4.78 is 0. The number of benzene rings is 2. The summed E-state index contributed by atoms with van der Waals surface area (Å²) in [5.41, 5.74) is 3.20. The first-order valence-corrected chi connectivity index (χ1v) is 9.48. The molecule has 0 amide bonds. The fraction of sp³-hybridized carbons (Fsp3) is 0.0526. The molecule has 0 bridgehead atoms. The maximum Gasteiger partial charge on any atom is 0.187 e. The summed E-state index contributed by atoms with van der Waals surface area (Å²) in [4.78, 5) is 10.4. The predicted molar refractivity (Wildman–Crippen MR) is 103 cm³/mol. The fourth-order valence-electron chi connectivity index (χ4n) is 2.42. The van der Waals surface area contributed by atoms with E-state index < -0.39 is 0 Å². The topological polar surface area (TPSA) is 37.8 Å². The van der Waals surface area contributed by atoms with Crippen molar-refractivity contribution < 1.29 is 0 Å². The second kappa shape index (κ2) is 7.03. The Bertz CT molecular complexity index is 946. The second-order valence-corrected chi connectivity index (χ2v) is 7.13. The van der Waals surface area contributed by atoms with Crippen molar-refractivity contribution in [1.82, 2.24) is 9.97 Å². The summed E-state index contributed by atoms with van der Waals surface area (Å²) in [5.74, 6) is 0.836. The molecule has 0 aliphatic rings. The van der Waals surface area contributed by atoms with Crippen LogP contribution in [0.3, 0.4) is 0 Å². The van der Waals surface area contributed by atoms with Gasteiger partial charge in [0.05, 0.1) is 11.2 Å². The highest BCUT2D eigenvalue weighted by atomic mass is 32.2. The van der Waals surface area contributed by atoms with Crippen LogP contribution in [0.15, 0.2) is 77.1 Å². The molecule has 0 spiro atoms. The number of rotatable bonds is 5. The number of hydrogen-bond donors (Lipinski definition) is 1. The van der Waals surface area contributed by atoms with Gasteiger partial charge in [0.2, 0.25) is 0 Å². The monoisotopic (exact) mass is 349 g/mol. The molecule has 0 unspecified atom stereocenters. The van der Waals surface area contributed by atoms with Gasteiger partial charge in [-0.3, -0.25) is 4.98 Å². The third-order valence-electron chi connectivity index (χ3n) is 3.55. The van der Waals surface area contributed by atoms with Crippen molar-refractivity contribution >= 4 is 44.8 Å². The van der Waals surface area contributed by atoms with Crippen molar-refractivity contribution in [3.63, 3.8) is 0 Å². The van der Waals surface area contributed by atoms with Crippen LogP contribution >= 0.6 is 23.1 Å². The van der Waals surface area contributed by atoms with Gasteiger partial charge in [-0.05, 0) is 24.3 Å². The van der Waals surface area contributed by atoms with E-state index in [0.29, 0.717) is 0 Å². The molecule has 4 rings (SSSR count). The van der Waals surface area contributed by atoms with Crippen LogP contribution in [0.1, 0.15) is 5.69 Å². The van der Waals surface area contributed by atoms with Crippen LogP contribution in [0.25, 0.3) is 10.9 Å². The quantitative estimate of drug-likeness (QED) is 0.467. The van der Waals surface area contributed by atoms with Gasteiger partial charge in [0.25, 0.3) is 0 Å². The third kappa shape index (κ3) is 3.42. The lowest BCUT2D eigenvalue weighted by Gasteiger charge is -2.04. The summed E-state index contributed by atoms with van der Waals surface area (Å²) in [5, 5.41) is 7.54. The Hall–Kier alpha value is -2.37. The van der Waals surface area contributed by atoms with Crippen molar-refractivity contribution in [2.24, 2.45) is 0 Å². The molecule has 0 aliphatic heterocycles. The molecule has 4 aromatic rings. The van der Waals surface area contributed by atoms with Gasteiger partial charge in [-0.2, -0.15) is 0 Å². The van der Waals surface area contributed by atoms with Gasteiger partial charge in [0.1, 0.15) is 0 Å². The molecule has 0 aliphatic carbocycles. The molecule has 0 radical (unpaired) electrons. The van der Waals surface area contributed by atoms with Crippen molar-refractivity contribution in [1.29, 1.82) is 0 Å². The highest BCUT2D eigenvalue weighted by molar-refractivity contribution is 7.98. The summed E-state index contributed by atoms with van der Waals surface area (Å²) in [7, 11) is 0. The molecule has 2 aromatic carbocycles. The van der Waals surface area contributed by atoms with Gasteiger partial charge in [-0.25, -0.2) is 4.98 Å². The fourth-order valence-corrected chi connectivity index (χ4v) is 4.19. The molecule has 0 saturated heterocycles. The van der Waals surface area contributed by atoms with Gasteiger partial charge >= 0.3 is 0 Å². The number of fused-ring (bicyclic) bond motifs is 1. The minimum absolute atomic E-state index is 0.836. The molecule has 2 heterocycles. The van der Waals surface area contributed by atoms with Crippen molar-refractivity contribution in [3.05, 3.63) is 77.9 Å². The zero-order chi connectivity index (χ0) is 16.2. The van der Waals surface area contributed by atoms with Crippen molar-refractivity contribution in [2.75, 3.05) is 5.32 Å². The van der Waals surface area contributed by atoms with Crippen LogP contribution in [0.4, 0.5) is 10.8 Å². The number of thiazole rings is 1. The molecule has 1 N–H and O–H groups in total. The zero-order valence-electron chi connectivity index (χ0n) is 12.8. The minimum Gasteiger partial charge on any atom is -0.332 e. The summed E-state index contributed by atoms with van der Waals surface area (Å²) in [6, 6.07) is 20.5. The Balaban J connectivity index is 1.46. The molecule has 0 atom stereocenters. The van der Waals surface area contributed by atoms with Crippen LogP contribution in [0.5, 0.6) is 0 Å². The Kier molecular flexibility index (Phi) is 4.44. The first-order chi connectivity index (χ1) is 11.9. The van der Waals surface area contributed by atoms with Crippen LogP contribution in [0, 0.1) is 0 Å². The second-order valence-electron chi connectivity index (χ2n) is 5.25. The van der Waals surface area contributed by atoms with E-state index in [2.05, 4.69) is 44.9 Å². The Morgan fingerprint density at radius 1 is 0.958 bits per heavy atom. The maximum atomic E-state index is 4.67. The Morgan fingerprint density at radius 3 is 2.75 bits per heavy atom. The molecule has 5 heteroatoms. The summed E-state index contributed by atoms with van der Waals surface area (Å²) >= 11 is 3.41. The van der Waals surface area contributed by atoms with E-state index in [1.165, 1.54) is 10.3 Å². The van der Waals surface area contributed by atoms with Gasteiger partial charge < -0.3 is 5.32 Å². The first kappa shape index (κ1) is 15.2. The highest BCUT2D eigenvalue weighted by Gasteiger charge is 2.06. The van der Waals surface area contributed by atoms with E-state index in [1.807, 2.05) is 42.6 Å². The zero-order valence-corrected chi connectivity index (χ0v) is 14.5. The number of nitrogens with zero attached hydrogens (tertiary/aromatic N) is 2. The molecule has 0 fully saturated rings. The third-order valence-corrected chi connectivity index (χ3v) is 5.44. The summed E-state index contributed by atoms with van der Waals surface area (Å²) in [6.45, 7) is 0. The normalized spacial score (nSPS) is 10.8. The average Bonchev–Trinajstić information content (AvgIpc) is 3.08. The van der Waals surface area contributed by atoms with Gasteiger partial charge in [0, 0.05) is 33.3 Å². The SMILES string of the molecule is c1ccc(Nc2nc(CSc3cccc4cccnc34)cs2)cc1. The average molecular weight is 349 g/mol. The lowest BCUT2D eigenvalue weighted by atomic mass is 10.2. The number of nitrogens with one attached hydrogen (secondary N) is 1. The number of hydrogen-bond acceptors (Lipinski definition) is 5. The number of aromatic nitrogens is 2. The Labute approximate surface area is 148 Å². The highest BCUT2D eigenvalue weighted by Crippen LogP contribution is 2.30. The van der Waals surface area contributed by atoms with Crippen LogP contribution in [-0.4, -0.2) is 9.97 Å². The van der Waals surface area contributed by atoms with E-state index in [-0.39, 0.29) is 0 Å². The molecule has 2 aromatic heterocycles. The number of thioether (sulfide) groups is 1. The van der Waals surface area contributed by atoms with Gasteiger partial charge in [0.15, 0.2) is 5.13 Å². The largest absolute Gasteiger partial charge is 0.332 e. The lowest BCUT2D eigenvalue weighted by Crippen LogP contribution is -1.89. The molecule has 3 nitrogen and oxygen atoms in total. The van der Waals surface area contributed by atoms with E-state index in [9.17, 15) is 0 Å². The van der Waals surface area contributed by atoms with E-state index in [4.69, 9.17) is 0 Å². The van der Waals surface area contributed by atoms with Gasteiger partial charge in [-0.15, -0.1) is 23.1 Å². The predicted octanol–water partition coefficient (Wildman–Crippen LogP) is 5.73. The lowest BCUT2D eigenvalue weighted by molar-refractivity contribution is 1.23. The van der Waals surface area contributed by atoms with Crippen molar-refractivity contribution in [2.45, 2.75) is 10.6 Å². The standard InChI is InChI=1S/C19H15N3S2/c1-2-8-15(9-3-1)21-19-22-16(13-24-19)12-23-17-10-4-6-14-7-5-11-20-18(14)17/h1-11,13H,12H2,(H,21,22). The number of pyridine rings is 1. The Morgan fingerprint density at radius 2 is 1.83 bits per heavy atom. The van der Waals surface area contributed by atoms with Crippen molar-refractivity contribution in [3.8, 4) is 0 Å². The van der Waals surface area contributed by atoms with Crippen LogP contribution < -0.4 is 5.32 Å². The molecule has 0 saturated carbocycles. The minimum atomic E-state index is 0.836. The first-order valence-electron chi connectivity index (χ1n) is 7.61. The molecule has 118 valence electrons. The smallest absolute Gasteiger partial charge is 0.187 e. The van der Waals surface area contributed by atoms with E-state index in [1.54, 1.807) is 23.1 Å². The van der Waals surface area contributed by atoms with E-state index >= 15 is 0 Å². The molecular weight excluding hydrogens is 334 g/mol. The number of para-hydroxylation sites is 2. The number of anilines is 2. The van der Waals surface area contributed by atoms with E-state index in [0.717, 1.165) is 27.8 Å². The molecule has 24 heavy (non-hydrogen) atoms. The molecular formula is C19H15N3S2. The van der Waals surface area contributed by atoms with Gasteiger partial charge in [-0.1, -0.05) is 36.4 Å². The summed E-state index contributed by atoms with van der Waals surface area (Å²) in [6.07, 6.45) is 1.84.